The number of carbonyl (C=O) groups is 2. The Morgan fingerprint density at radius 3 is 2.16 bits per heavy atom. The fourth-order valence-electron chi connectivity index (χ4n) is 4.04. The lowest BCUT2D eigenvalue weighted by Crippen LogP contribution is -2.42. The van der Waals surface area contributed by atoms with Crippen molar-refractivity contribution < 1.29 is 9.59 Å². The molecular weight excluding hydrogens is 468 g/mol. The van der Waals surface area contributed by atoms with Gasteiger partial charge >= 0.3 is 0 Å². The molecule has 9 heteroatoms. The van der Waals surface area contributed by atoms with Crippen LogP contribution in [-0.2, 0) is 6.54 Å². The van der Waals surface area contributed by atoms with Gasteiger partial charge in [0.2, 0.25) is 0 Å². The van der Waals surface area contributed by atoms with Gasteiger partial charge in [0.1, 0.15) is 5.69 Å². The molecule has 184 valence electrons. The lowest BCUT2D eigenvalue weighted by Gasteiger charge is -2.11. The predicted molar refractivity (Wildman–Crippen MR) is 140 cm³/mol. The van der Waals surface area contributed by atoms with Crippen LogP contribution in [-0.4, -0.2) is 31.4 Å². The highest BCUT2D eigenvalue weighted by Gasteiger charge is 2.21. The van der Waals surface area contributed by atoms with Crippen molar-refractivity contribution in [1.82, 2.24) is 30.4 Å². The van der Waals surface area contributed by atoms with Crippen molar-refractivity contribution in [3.05, 3.63) is 112 Å². The summed E-state index contributed by atoms with van der Waals surface area (Å²) in [6.07, 6.45) is 1.62. The summed E-state index contributed by atoms with van der Waals surface area (Å²) in [5.41, 5.74) is 8.08. The van der Waals surface area contributed by atoms with Crippen molar-refractivity contribution in [3.63, 3.8) is 0 Å². The molecule has 0 fully saturated rings. The van der Waals surface area contributed by atoms with Crippen LogP contribution in [0.1, 0.15) is 33.3 Å². The number of hydrogen-bond donors (Lipinski definition) is 2. The Balaban J connectivity index is 1.46. The number of aromatic nitrogens is 4. The molecule has 0 aliphatic rings. The van der Waals surface area contributed by atoms with Crippen molar-refractivity contribution in [2.24, 2.45) is 0 Å². The first-order chi connectivity index (χ1) is 18.0. The number of aryl methyl sites for hydroxylation is 2. The maximum Gasteiger partial charge on any atom is 0.290 e. The third-order valence-electron chi connectivity index (χ3n) is 5.98. The SMILES string of the molecule is CCn1nc(C(=O)NNC(=O)c2cn(-c3ccc(C)cc3)nc2-c2ccccc2)c2ccccc2c1=O. The number of amides is 2. The van der Waals surface area contributed by atoms with Gasteiger partial charge in [0.05, 0.1) is 16.6 Å². The molecule has 0 unspecified atom stereocenters. The topological polar surface area (TPSA) is 111 Å². The van der Waals surface area contributed by atoms with E-state index >= 15 is 0 Å². The number of benzene rings is 3. The molecule has 2 N–H and O–H groups in total. The molecular formula is C28H24N6O3. The zero-order chi connectivity index (χ0) is 25.9. The monoisotopic (exact) mass is 492 g/mol. The van der Waals surface area contributed by atoms with E-state index in [0.717, 1.165) is 16.8 Å². The normalized spacial score (nSPS) is 10.9. The van der Waals surface area contributed by atoms with E-state index < -0.39 is 11.8 Å². The summed E-state index contributed by atoms with van der Waals surface area (Å²) in [5, 5.41) is 9.64. The van der Waals surface area contributed by atoms with Crippen molar-refractivity contribution in [3.8, 4) is 16.9 Å². The van der Waals surface area contributed by atoms with Crippen LogP contribution >= 0.6 is 0 Å². The van der Waals surface area contributed by atoms with Gasteiger partial charge in [-0.25, -0.2) is 9.36 Å². The van der Waals surface area contributed by atoms with Gasteiger partial charge in [-0.15, -0.1) is 0 Å². The van der Waals surface area contributed by atoms with E-state index in [1.54, 1.807) is 42.1 Å². The van der Waals surface area contributed by atoms with Gasteiger partial charge in [-0.3, -0.25) is 25.2 Å². The molecule has 2 amide bonds. The quantitative estimate of drug-likeness (QED) is 0.364. The number of fused-ring (bicyclic) bond motifs is 1. The van der Waals surface area contributed by atoms with E-state index in [-0.39, 0.29) is 16.8 Å². The van der Waals surface area contributed by atoms with Crippen molar-refractivity contribution in [2.75, 3.05) is 0 Å². The summed E-state index contributed by atoms with van der Waals surface area (Å²) in [7, 11) is 0. The number of hydrogen-bond acceptors (Lipinski definition) is 5. The van der Waals surface area contributed by atoms with Crippen molar-refractivity contribution in [2.45, 2.75) is 20.4 Å². The third-order valence-corrected chi connectivity index (χ3v) is 5.98. The summed E-state index contributed by atoms with van der Waals surface area (Å²) in [4.78, 5) is 38.9. The van der Waals surface area contributed by atoms with Crippen LogP contribution in [0.3, 0.4) is 0 Å². The molecule has 0 aliphatic carbocycles. The van der Waals surface area contributed by atoms with Crippen LogP contribution in [0.4, 0.5) is 0 Å². The Kier molecular flexibility index (Phi) is 6.34. The largest absolute Gasteiger partial charge is 0.290 e. The van der Waals surface area contributed by atoms with E-state index in [1.165, 1.54) is 4.68 Å². The molecule has 9 nitrogen and oxygen atoms in total. The van der Waals surface area contributed by atoms with Crippen LogP contribution in [0.15, 0.2) is 89.9 Å². The molecule has 0 saturated carbocycles. The number of hydrazine groups is 1. The summed E-state index contributed by atoms with van der Waals surface area (Å²) in [6.45, 7) is 4.06. The smallest absolute Gasteiger partial charge is 0.267 e. The first kappa shape index (κ1) is 23.7. The molecule has 0 bridgehead atoms. The summed E-state index contributed by atoms with van der Waals surface area (Å²) < 4.78 is 2.85. The van der Waals surface area contributed by atoms with Gasteiger partial charge in [0.15, 0.2) is 5.69 Å². The van der Waals surface area contributed by atoms with Gasteiger partial charge in [0, 0.05) is 23.7 Å². The first-order valence-corrected chi connectivity index (χ1v) is 11.8. The fourth-order valence-corrected chi connectivity index (χ4v) is 4.04. The predicted octanol–water partition coefficient (Wildman–Crippen LogP) is 3.65. The standard InChI is InChI=1S/C28H24N6O3/c1-3-33-28(37)22-12-8-7-11-21(22)25(32-33)27(36)30-29-26(35)23-17-34(20-15-13-18(2)14-16-20)31-24(23)19-9-5-4-6-10-19/h4-17H,3H2,1-2H3,(H,29,35)(H,30,36). The summed E-state index contributed by atoms with van der Waals surface area (Å²) in [6, 6.07) is 23.8. The third kappa shape index (κ3) is 4.62. The Morgan fingerprint density at radius 1 is 0.811 bits per heavy atom. The summed E-state index contributed by atoms with van der Waals surface area (Å²) in [5.74, 6) is -1.18. The fraction of sp³-hybridized carbons (Fsp3) is 0.107. The number of nitrogens with one attached hydrogen (secondary N) is 2. The zero-order valence-corrected chi connectivity index (χ0v) is 20.3. The molecule has 5 aromatic rings. The highest BCUT2D eigenvalue weighted by molar-refractivity contribution is 6.06. The molecule has 0 spiro atoms. The molecule has 5 rings (SSSR count). The average molecular weight is 493 g/mol. The number of nitrogens with zero attached hydrogens (tertiary/aromatic N) is 4. The van der Waals surface area contributed by atoms with E-state index in [4.69, 9.17) is 0 Å². The first-order valence-electron chi connectivity index (χ1n) is 11.8. The number of carbonyl (C=O) groups excluding carboxylic acids is 2. The van der Waals surface area contributed by atoms with Gasteiger partial charge in [-0.05, 0) is 32.0 Å². The van der Waals surface area contributed by atoms with Crippen LogP contribution < -0.4 is 16.4 Å². The summed E-state index contributed by atoms with van der Waals surface area (Å²) >= 11 is 0. The molecule has 2 aromatic heterocycles. The molecule has 0 aliphatic heterocycles. The van der Waals surface area contributed by atoms with Crippen LogP contribution in [0.5, 0.6) is 0 Å². The average Bonchev–Trinajstić information content (AvgIpc) is 3.38. The lowest BCUT2D eigenvalue weighted by atomic mass is 10.1. The van der Waals surface area contributed by atoms with Crippen molar-refractivity contribution >= 4 is 22.6 Å². The minimum absolute atomic E-state index is 0.0379. The molecule has 0 saturated heterocycles. The Bertz CT molecular complexity index is 1670. The van der Waals surface area contributed by atoms with Crippen LogP contribution in [0, 0.1) is 6.92 Å². The van der Waals surface area contributed by atoms with Gasteiger partial charge < -0.3 is 0 Å². The Morgan fingerprint density at radius 2 is 1.46 bits per heavy atom. The van der Waals surface area contributed by atoms with E-state index in [2.05, 4.69) is 21.0 Å². The minimum atomic E-state index is -0.640. The van der Waals surface area contributed by atoms with Crippen molar-refractivity contribution in [1.29, 1.82) is 0 Å². The second-order valence-corrected chi connectivity index (χ2v) is 8.46. The zero-order valence-electron chi connectivity index (χ0n) is 20.3. The van der Waals surface area contributed by atoms with E-state index in [9.17, 15) is 14.4 Å². The second kappa shape index (κ2) is 9.90. The molecule has 0 radical (unpaired) electrons. The maximum atomic E-state index is 13.3. The highest BCUT2D eigenvalue weighted by atomic mass is 16.2. The molecule has 2 heterocycles. The van der Waals surface area contributed by atoms with Crippen LogP contribution in [0.25, 0.3) is 27.7 Å². The second-order valence-electron chi connectivity index (χ2n) is 8.46. The molecule has 37 heavy (non-hydrogen) atoms. The van der Waals surface area contributed by atoms with Gasteiger partial charge in [0.25, 0.3) is 17.4 Å². The van der Waals surface area contributed by atoms with E-state index in [1.807, 2.05) is 61.5 Å². The lowest BCUT2D eigenvalue weighted by molar-refractivity contribution is 0.0844. The minimum Gasteiger partial charge on any atom is -0.267 e. The number of rotatable bonds is 5. The maximum absolute atomic E-state index is 13.3. The molecule has 3 aromatic carbocycles. The van der Waals surface area contributed by atoms with E-state index in [0.29, 0.717) is 23.0 Å². The highest BCUT2D eigenvalue weighted by Crippen LogP contribution is 2.24. The molecule has 0 atom stereocenters. The Hall–Kier alpha value is -5.05. The Labute approximate surface area is 212 Å². The van der Waals surface area contributed by atoms with Crippen LogP contribution in [0.2, 0.25) is 0 Å². The van der Waals surface area contributed by atoms with Gasteiger partial charge in [-0.1, -0.05) is 66.2 Å². The van der Waals surface area contributed by atoms with Gasteiger partial charge in [-0.2, -0.15) is 10.2 Å².